The zero-order valence-corrected chi connectivity index (χ0v) is 10.5. The fraction of sp³-hybridized carbons (Fsp3) is 1.00. The summed E-state index contributed by atoms with van der Waals surface area (Å²) in [5.74, 6) is 1.44. The molecule has 2 unspecified atom stereocenters. The molecule has 3 heteroatoms. The van der Waals surface area contributed by atoms with Gasteiger partial charge in [0.15, 0.2) is 0 Å². The van der Waals surface area contributed by atoms with Crippen molar-refractivity contribution in [1.29, 1.82) is 0 Å². The molecule has 0 bridgehead atoms. The Kier molecular flexibility index (Phi) is 4.30. The molecule has 2 fully saturated rings. The molecule has 15 heavy (non-hydrogen) atoms. The van der Waals surface area contributed by atoms with Gasteiger partial charge < -0.3 is 4.90 Å². The molecule has 0 radical (unpaired) electrons. The van der Waals surface area contributed by atoms with E-state index in [-0.39, 0.29) is 0 Å². The van der Waals surface area contributed by atoms with Crippen LogP contribution in [0.1, 0.15) is 26.2 Å². The Bertz CT molecular complexity index is 198. The third-order valence-corrected chi connectivity index (χ3v) is 4.28. The minimum atomic E-state index is 0.641. The average Bonchev–Trinajstić information content (AvgIpc) is 2.29. The van der Waals surface area contributed by atoms with Gasteiger partial charge in [0.25, 0.3) is 0 Å². The lowest BCUT2D eigenvalue weighted by atomic mass is 9.99. The molecule has 0 N–H and O–H groups in total. The number of nitrogens with zero attached hydrogens (tertiary/aromatic N) is 2. The van der Waals surface area contributed by atoms with E-state index in [0.29, 0.717) is 5.92 Å². The molecular formula is C12H23ClN2. The minimum absolute atomic E-state index is 0.641. The van der Waals surface area contributed by atoms with Crippen molar-refractivity contribution >= 4 is 11.6 Å². The van der Waals surface area contributed by atoms with Gasteiger partial charge in [-0.25, -0.2) is 0 Å². The summed E-state index contributed by atoms with van der Waals surface area (Å²) in [5, 5.41) is 0. The summed E-state index contributed by atoms with van der Waals surface area (Å²) in [5.41, 5.74) is 0. The first-order valence-electron chi connectivity index (χ1n) is 6.32. The molecule has 0 aromatic heterocycles. The Morgan fingerprint density at radius 1 is 1.27 bits per heavy atom. The molecule has 0 aliphatic carbocycles. The van der Waals surface area contributed by atoms with Gasteiger partial charge in [0.1, 0.15) is 0 Å². The Labute approximate surface area is 98.6 Å². The average molecular weight is 231 g/mol. The first kappa shape index (κ1) is 11.7. The normalized spacial score (nSPS) is 31.2. The van der Waals surface area contributed by atoms with Crippen molar-refractivity contribution in [2.75, 3.05) is 38.6 Å². The number of halogens is 1. The highest BCUT2D eigenvalue weighted by Gasteiger charge is 2.28. The fourth-order valence-corrected chi connectivity index (χ4v) is 2.97. The SMILES string of the molecule is CC(CCl)CN1CCN2CCCCC2C1. The maximum atomic E-state index is 5.87. The van der Waals surface area contributed by atoms with E-state index in [9.17, 15) is 0 Å². The van der Waals surface area contributed by atoms with E-state index in [4.69, 9.17) is 11.6 Å². The molecule has 0 amide bonds. The van der Waals surface area contributed by atoms with Crippen molar-refractivity contribution in [3.05, 3.63) is 0 Å². The van der Waals surface area contributed by atoms with E-state index in [2.05, 4.69) is 16.7 Å². The van der Waals surface area contributed by atoms with Crippen LogP contribution in [-0.2, 0) is 0 Å². The number of piperidine rings is 1. The highest BCUT2D eigenvalue weighted by molar-refractivity contribution is 6.18. The van der Waals surface area contributed by atoms with Crippen LogP contribution in [0.2, 0.25) is 0 Å². The van der Waals surface area contributed by atoms with E-state index >= 15 is 0 Å². The van der Waals surface area contributed by atoms with Gasteiger partial charge >= 0.3 is 0 Å². The van der Waals surface area contributed by atoms with Crippen LogP contribution in [-0.4, -0.2) is 54.4 Å². The number of piperazine rings is 1. The van der Waals surface area contributed by atoms with Crippen molar-refractivity contribution in [3.8, 4) is 0 Å². The lowest BCUT2D eigenvalue weighted by Gasteiger charge is -2.44. The summed E-state index contributed by atoms with van der Waals surface area (Å²) >= 11 is 5.87. The van der Waals surface area contributed by atoms with Crippen LogP contribution in [0.15, 0.2) is 0 Å². The van der Waals surface area contributed by atoms with Crippen LogP contribution in [0, 0.1) is 5.92 Å². The number of hydrogen-bond donors (Lipinski definition) is 0. The summed E-state index contributed by atoms with van der Waals surface area (Å²) < 4.78 is 0. The summed E-state index contributed by atoms with van der Waals surface area (Å²) in [6, 6.07) is 0.843. The highest BCUT2D eigenvalue weighted by Crippen LogP contribution is 2.21. The van der Waals surface area contributed by atoms with Gasteiger partial charge in [0, 0.05) is 38.1 Å². The number of fused-ring (bicyclic) bond motifs is 1. The molecule has 0 spiro atoms. The second-order valence-corrected chi connectivity index (χ2v) is 5.51. The number of hydrogen-bond acceptors (Lipinski definition) is 2. The molecule has 0 aromatic carbocycles. The standard InChI is InChI=1S/C12H23ClN2/c1-11(8-13)9-14-6-7-15-5-3-2-4-12(15)10-14/h11-12H,2-10H2,1H3. The van der Waals surface area contributed by atoms with Gasteiger partial charge in [0.2, 0.25) is 0 Å². The van der Waals surface area contributed by atoms with Gasteiger partial charge in [-0.05, 0) is 25.3 Å². The Morgan fingerprint density at radius 2 is 2.13 bits per heavy atom. The first-order chi connectivity index (χ1) is 7.29. The smallest absolute Gasteiger partial charge is 0.0261 e. The summed E-state index contributed by atoms with van der Waals surface area (Å²) in [6.07, 6.45) is 4.25. The monoisotopic (exact) mass is 230 g/mol. The zero-order chi connectivity index (χ0) is 10.7. The zero-order valence-electron chi connectivity index (χ0n) is 9.79. The molecule has 2 aliphatic heterocycles. The second kappa shape index (κ2) is 5.51. The van der Waals surface area contributed by atoms with E-state index in [1.165, 1.54) is 52.0 Å². The molecule has 2 nitrogen and oxygen atoms in total. The van der Waals surface area contributed by atoms with Crippen LogP contribution in [0.4, 0.5) is 0 Å². The molecule has 2 atom stereocenters. The third kappa shape index (κ3) is 3.08. The molecule has 0 aromatic rings. The van der Waals surface area contributed by atoms with E-state index < -0.39 is 0 Å². The molecular weight excluding hydrogens is 208 g/mol. The molecule has 2 saturated heterocycles. The predicted octanol–water partition coefficient (Wildman–Crippen LogP) is 2.03. The fourth-order valence-electron chi connectivity index (χ4n) is 2.88. The van der Waals surface area contributed by atoms with Crippen LogP contribution in [0.5, 0.6) is 0 Å². The van der Waals surface area contributed by atoms with E-state index in [1.807, 2.05) is 0 Å². The van der Waals surface area contributed by atoms with Gasteiger partial charge in [0.05, 0.1) is 0 Å². The molecule has 88 valence electrons. The highest BCUT2D eigenvalue weighted by atomic mass is 35.5. The van der Waals surface area contributed by atoms with Crippen molar-refractivity contribution in [3.63, 3.8) is 0 Å². The number of alkyl halides is 1. The Balaban J connectivity index is 1.80. The van der Waals surface area contributed by atoms with Gasteiger partial charge in [-0.15, -0.1) is 11.6 Å². The molecule has 2 heterocycles. The third-order valence-electron chi connectivity index (χ3n) is 3.75. The summed E-state index contributed by atoms with van der Waals surface area (Å²) in [6.45, 7) is 8.58. The van der Waals surface area contributed by atoms with E-state index in [0.717, 1.165) is 11.9 Å². The largest absolute Gasteiger partial charge is 0.300 e. The second-order valence-electron chi connectivity index (χ2n) is 5.20. The molecule has 2 aliphatic rings. The maximum Gasteiger partial charge on any atom is 0.0261 e. The van der Waals surface area contributed by atoms with Crippen molar-refractivity contribution in [2.24, 2.45) is 5.92 Å². The van der Waals surface area contributed by atoms with E-state index in [1.54, 1.807) is 0 Å². The van der Waals surface area contributed by atoms with Crippen molar-refractivity contribution in [1.82, 2.24) is 9.80 Å². The Hall–Kier alpha value is 0.210. The van der Waals surface area contributed by atoms with Crippen molar-refractivity contribution < 1.29 is 0 Å². The van der Waals surface area contributed by atoms with Crippen LogP contribution < -0.4 is 0 Å². The van der Waals surface area contributed by atoms with Gasteiger partial charge in [-0.1, -0.05) is 13.3 Å². The number of rotatable bonds is 3. The van der Waals surface area contributed by atoms with Gasteiger partial charge in [-0.2, -0.15) is 0 Å². The van der Waals surface area contributed by atoms with Crippen molar-refractivity contribution in [2.45, 2.75) is 32.2 Å². The lowest BCUT2D eigenvalue weighted by molar-refractivity contribution is 0.0443. The summed E-state index contributed by atoms with van der Waals surface area (Å²) in [4.78, 5) is 5.30. The quantitative estimate of drug-likeness (QED) is 0.685. The molecule has 0 saturated carbocycles. The van der Waals surface area contributed by atoms with Crippen LogP contribution >= 0.6 is 11.6 Å². The summed E-state index contributed by atoms with van der Waals surface area (Å²) in [7, 11) is 0. The maximum absolute atomic E-state index is 5.87. The lowest BCUT2D eigenvalue weighted by Crippen LogP contribution is -2.55. The topological polar surface area (TPSA) is 6.48 Å². The van der Waals surface area contributed by atoms with Gasteiger partial charge in [-0.3, -0.25) is 4.90 Å². The minimum Gasteiger partial charge on any atom is -0.300 e. The predicted molar refractivity (Wildman–Crippen MR) is 65.5 cm³/mol. The van der Waals surface area contributed by atoms with Crippen LogP contribution in [0.25, 0.3) is 0 Å². The first-order valence-corrected chi connectivity index (χ1v) is 6.85. The Morgan fingerprint density at radius 3 is 2.93 bits per heavy atom. The molecule has 2 rings (SSSR count). The van der Waals surface area contributed by atoms with Crippen LogP contribution in [0.3, 0.4) is 0 Å².